The van der Waals surface area contributed by atoms with Crippen LogP contribution in [0.15, 0.2) is 42.5 Å². The summed E-state index contributed by atoms with van der Waals surface area (Å²) in [6.45, 7) is 15.7. The lowest BCUT2D eigenvalue weighted by Crippen LogP contribution is -2.55. The Morgan fingerprint density at radius 3 is 2.14 bits per heavy atom. The largest absolute Gasteiger partial charge is 0.444 e. The van der Waals surface area contributed by atoms with E-state index in [1.54, 1.807) is 31.7 Å². The first-order chi connectivity index (χ1) is 20.3. The Balaban J connectivity index is 2.56. The molecular weight excluding hydrogens is 562 g/mol. The molecule has 0 aromatic heterocycles. The van der Waals surface area contributed by atoms with Crippen LogP contribution in [0.3, 0.4) is 0 Å². The number of amides is 3. The number of benzene rings is 2. The molecule has 0 saturated carbocycles. The van der Waals surface area contributed by atoms with Crippen LogP contribution in [0.2, 0.25) is 5.02 Å². The molecule has 2 aromatic rings. The summed E-state index contributed by atoms with van der Waals surface area (Å²) in [6, 6.07) is 11.3. The molecule has 2 N–H and O–H groups in total. The van der Waals surface area contributed by atoms with Gasteiger partial charge in [0.05, 0.1) is 10.7 Å². The van der Waals surface area contributed by atoms with Crippen LogP contribution in [-0.4, -0.2) is 41.0 Å². The van der Waals surface area contributed by atoms with Crippen molar-refractivity contribution in [1.29, 1.82) is 0 Å². The third-order valence-corrected chi connectivity index (χ3v) is 7.93. The molecule has 0 aliphatic rings. The SMILES string of the molecule is CCCCCCCCN(C(=O)C(NC(=O)OC(C)(C)C)C(C)CC)C(C(=O)Nc1c(C)cccc1Cl)c1ccc(C)cc1. The number of aryl methyl sites for hydroxylation is 2. The molecule has 0 radical (unpaired) electrons. The molecule has 43 heavy (non-hydrogen) atoms. The lowest BCUT2D eigenvalue weighted by atomic mass is 9.95. The molecule has 0 aliphatic heterocycles. The number of hydrogen-bond acceptors (Lipinski definition) is 4. The summed E-state index contributed by atoms with van der Waals surface area (Å²) in [4.78, 5) is 43.3. The van der Waals surface area contributed by atoms with Crippen LogP contribution in [0.4, 0.5) is 10.5 Å². The Labute approximate surface area is 264 Å². The minimum absolute atomic E-state index is 0.195. The van der Waals surface area contributed by atoms with Crippen LogP contribution in [0.1, 0.15) is 109 Å². The van der Waals surface area contributed by atoms with E-state index < -0.39 is 23.8 Å². The van der Waals surface area contributed by atoms with Gasteiger partial charge in [0.25, 0.3) is 5.91 Å². The van der Waals surface area contributed by atoms with Crippen molar-refractivity contribution in [3.8, 4) is 0 Å². The number of carbonyl (C=O) groups is 3. The van der Waals surface area contributed by atoms with E-state index in [9.17, 15) is 14.4 Å². The van der Waals surface area contributed by atoms with Crippen LogP contribution in [0, 0.1) is 19.8 Å². The Kier molecular flexibility index (Phi) is 14.5. The standard InChI is InChI=1S/C35H52ClN3O4/c1-9-11-12-13-14-15-23-39(33(41)30(25(4)10-2)38-34(42)43-35(6,7)8)31(27-21-19-24(3)20-22-27)32(40)37-29-26(5)17-16-18-28(29)36/h16-22,25,30-31H,9-15,23H2,1-8H3,(H,37,40)(H,38,42). The van der Waals surface area contributed by atoms with Gasteiger partial charge in [-0.2, -0.15) is 0 Å². The monoisotopic (exact) mass is 613 g/mol. The van der Waals surface area contributed by atoms with Crippen molar-refractivity contribution in [2.75, 3.05) is 11.9 Å². The van der Waals surface area contributed by atoms with E-state index >= 15 is 0 Å². The molecule has 8 heteroatoms. The summed E-state index contributed by atoms with van der Waals surface area (Å²) in [7, 11) is 0. The van der Waals surface area contributed by atoms with E-state index in [4.69, 9.17) is 16.3 Å². The zero-order chi connectivity index (χ0) is 32.2. The van der Waals surface area contributed by atoms with Gasteiger partial charge in [-0.05, 0) is 64.2 Å². The summed E-state index contributed by atoms with van der Waals surface area (Å²) in [5, 5.41) is 6.29. The van der Waals surface area contributed by atoms with Gasteiger partial charge >= 0.3 is 6.09 Å². The Morgan fingerprint density at radius 2 is 1.56 bits per heavy atom. The second kappa shape index (κ2) is 17.3. The van der Waals surface area contributed by atoms with Gasteiger partial charge in [-0.1, -0.05) is 113 Å². The quantitative estimate of drug-likeness (QED) is 0.197. The number of rotatable bonds is 15. The lowest BCUT2D eigenvalue weighted by molar-refractivity contribution is -0.142. The van der Waals surface area contributed by atoms with Gasteiger partial charge in [-0.15, -0.1) is 0 Å². The van der Waals surface area contributed by atoms with Crippen molar-refractivity contribution in [2.45, 2.75) is 118 Å². The fourth-order valence-corrected chi connectivity index (χ4v) is 5.20. The predicted molar refractivity (Wildman–Crippen MR) is 176 cm³/mol. The number of unbranched alkanes of at least 4 members (excludes halogenated alkanes) is 5. The first-order valence-corrected chi connectivity index (χ1v) is 16.1. The summed E-state index contributed by atoms with van der Waals surface area (Å²) in [6.07, 6.45) is 6.16. The van der Waals surface area contributed by atoms with Crippen molar-refractivity contribution in [1.82, 2.24) is 10.2 Å². The number of ether oxygens (including phenoxy) is 1. The van der Waals surface area contributed by atoms with E-state index in [2.05, 4.69) is 17.6 Å². The third kappa shape index (κ3) is 11.5. The van der Waals surface area contributed by atoms with Crippen molar-refractivity contribution < 1.29 is 19.1 Å². The zero-order valence-electron chi connectivity index (χ0n) is 27.4. The summed E-state index contributed by atoms with van der Waals surface area (Å²) in [5.41, 5.74) is 2.35. The second-order valence-corrected chi connectivity index (χ2v) is 13.0. The molecule has 7 nitrogen and oxygen atoms in total. The number of hydrogen-bond donors (Lipinski definition) is 2. The Bertz CT molecular complexity index is 1170. The molecule has 2 rings (SSSR count). The number of nitrogens with zero attached hydrogens (tertiary/aromatic N) is 1. The summed E-state index contributed by atoms with van der Waals surface area (Å²) >= 11 is 6.50. The van der Waals surface area contributed by atoms with Gasteiger partial charge in [-0.3, -0.25) is 9.59 Å². The average Bonchev–Trinajstić information content (AvgIpc) is 2.94. The molecule has 3 unspecified atom stereocenters. The molecule has 0 aliphatic carbocycles. The highest BCUT2D eigenvalue weighted by Gasteiger charge is 2.38. The number of alkyl carbamates (subject to hydrolysis) is 1. The maximum atomic E-state index is 14.5. The smallest absolute Gasteiger partial charge is 0.408 e. The van der Waals surface area contributed by atoms with E-state index in [1.807, 2.05) is 64.1 Å². The first-order valence-electron chi connectivity index (χ1n) is 15.7. The molecule has 0 saturated heterocycles. The van der Waals surface area contributed by atoms with Crippen molar-refractivity contribution in [3.63, 3.8) is 0 Å². The van der Waals surface area contributed by atoms with Crippen LogP contribution in [-0.2, 0) is 14.3 Å². The maximum absolute atomic E-state index is 14.5. The average molecular weight is 614 g/mol. The molecule has 238 valence electrons. The number of anilines is 1. The minimum Gasteiger partial charge on any atom is -0.444 e. The Morgan fingerprint density at radius 1 is 0.930 bits per heavy atom. The summed E-state index contributed by atoms with van der Waals surface area (Å²) in [5.74, 6) is -0.871. The summed E-state index contributed by atoms with van der Waals surface area (Å²) < 4.78 is 5.53. The van der Waals surface area contributed by atoms with Gasteiger partial charge in [0, 0.05) is 6.54 Å². The fourth-order valence-electron chi connectivity index (χ4n) is 4.93. The Hall–Kier alpha value is -3.06. The van der Waals surface area contributed by atoms with E-state index in [-0.39, 0.29) is 17.7 Å². The van der Waals surface area contributed by atoms with Crippen LogP contribution in [0.5, 0.6) is 0 Å². The second-order valence-electron chi connectivity index (χ2n) is 12.5. The zero-order valence-corrected chi connectivity index (χ0v) is 28.1. The number of halogens is 1. The lowest BCUT2D eigenvalue weighted by Gasteiger charge is -2.36. The van der Waals surface area contributed by atoms with Crippen LogP contribution < -0.4 is 10.6 Å². The van der Waals surface area contributed by atoms with Crippen molar-refractivity contribution in [2.24, 2.45) is 5.92 Å². The normalized spacial score (nSPS) is 13.5. The van der Waals surface area contributed by atoms with Crippen molar-refractivity contribution in [3.05, 3.63) is 64.2 Å². The first kappa shape index (κ1) is 36.1. The minimum atomic E-state index is -0.939. The molecule has 0 heterocycles. The van der Waals surface area contributed by atoms with Crippen LogP contribution in [0.25, 0.3) is 0 Å². The van der Waals surface area contributed by atoms with Gasteiger partial charge in [0.2, 0.25) is 5.91 Å². The number of carbonyl (C=O) groups excluding carboxylic acids is 3. The van der Waals surface area contributed by atoms with Gasteiger partial charge in [-0.25, -0.2) is 4.79 Å². The fraction of sp³-hybridized carbons (Fsp3) is 0.571. The third-order valence-electron chi connectivity index (χ3n) is 7.61. The van der Waals surface area contributed by atoms with Crippen molar-refractivity contribution >= 4 is 35.2 Å². The topological polar surface area (TPSA) is 87.7 Å². The van der Waals surface area contributed by atoms with Gasteiger partial charge < -0.3 is 20.3 Å². The highest BCUT2D eigenvalue weighted by atomic mass is 35.5. The maximum Gasteiger partial charge on any atom is 0.408 e. The molecular formula is C35H52ClN3O4. The van der Waals surface area contributed by atoms with Gasteiger partial charge in [0.1, 0.15) is 17.7 Å². The van der Waals surface area contributed by atoms with Gasteiger partial charge in [0.15, 0.2) is 0 Å². The molecule has 3 amide bonds. The number of para-hydroxylation sites is 1. The molecule has 2 aromatic carbocycles. The van der Waals surface area contributed by atoms with E-state index in [0.29, 0.717) is 29.2 Å². The number of nitrogens with one attached hydrogen (secondary N) is 2. The van der Waals surface area contributed by atoms with E-state index in [1.165, 1.54) is 6.42 Å². The molecule has 0 spiro atoms. The van der Waals surface area contributed by atoms with Crippen LogP contribution >= 0.6 is 11.6 Å². The molecule has 0 fully saturated rings. The van der Waals surface area contributed by atoms with E-state index in [0.717, 1.165) is 43.2 Å². The molecule has 3 atom stereocenters. The molecule has 0 bridgehead atoms. The predicted octanol–water partition coefficient (Wildman–Crippen LogP) is 8.77. The highest BCUT2D eigenvalue weighted by Crippen LogP contribution is 2.30. The highest BCUT2D eigenvalue weighted by molar-refractivity contribution is 6.34.